The van der Waals surface area contributed by atoms with Gasteiger partial charge in [-0.2, -0.15) is 0 Å². The summed E-state index contributed by atoms with van der Waals surface area (Å²) in [5.74, 6) is 2.45. The lowest BCUT2D eigenvalue weighted by atomic mass is 9.67. The summed E-state index contributed by atoms with van der Waals surface area (Å²) in [4.78, 5) is 7.06. The number of methoxy groups -OCH3 is 1. The van der Waals surface area contributed by atoms with Crippen LogP contribution < -0.4 is 10.6 Å². The van der Waals surface area contributed by atoms with Crippen molar-refractivity contribution in [3.63, 3.8) is 0 Å². The van der Waals surface area contributed by atoms with Crippen molar-refractivity contribution >= 4 is 5.96 Å². The third kappa shape index (κ3) is 6.78. The van der Waals surface area contributed by atoms with Crippen molar-refractivity contribution in [2.24, 2.45) is 22.2 Å². The van der Waals surface area contributed by atoms with Gasteiger partial charge in [-0.15, -0.1) is 0 Å². The molecule has 2 fully saturated rings. The van der Waals surface area contributed by atoms with Gasteiger partial charge in [-0.05, 0) is 55.9 Å². The van der Waals surface area contributed by atoms with Gasteiger partial charge in [0.25, 0.3) is 0 Å². The predicted molar refractivity (Wildman–Crippen MR) is 106 cm³/mol. The normalized spacial score (nSPS) is 24.2. The average molecular weight is 353 g/mol. The number of nitrogens with one attached hydrogen (secondary N) is 2. The molecule has 2 aliphatic rings. The summed E-state index contributed by atoms with van der Waals surface area (Å²) in [5, 5.41) is 7.14. The number of hydrogen-bond acceptors (Lipinski definition) is 3. The van der Waals surface area contributed by atoms with Gasteiger partial charge in [-0.3, -0.25) is 4.99 Å². The zero-order chi connectivity index (χ0) is 18.1. The molecule has 1 aliphatic carbocycles. The van der Waals surface area contributed by atoms with Crippen LogP contribution in [0, 0.1) is 17.3 Å². The van der Waals surface area contributed by atoms with Crippen LogP contribution in [-0.2, 0) is 4.74 Å². The molecule has 0 radical (unpaired) electrons. The van der Waals surface area contributed by atoms with E-state index in [2.05, 4.69) is 34.4 Å². The molecule has 1 atom stereocenters. The second-order valence-electron chi connectivity index (χ2n) is 8.56. The molecule has 5 heteroatoms. The van der Waals surface area contributed by atoms with Gasteiger partial charge in [0.2, 0.25) is 0 Å². The van der Waals surface area contributed by atoms with Crippen LogP contribution in [0.3, 0.4) is 0 Å². The number of nitrogens with zero attached hydrogens (tertiary/aromatic N) is 2. The van der Waals surface area contributed by atoms with Crippen LogP contribution >= 0.6 is 0 Å². The van der Waals surface area contributed by atoms with E-state index in [0.29, 0.717) is 5.41 Å². The molecule has 0 amide bonds. The summed E-state index contributed by atoms with van der Waals surface area (Å²) in [6, 6.07) is 0. The molecule has 0 spiro atoms. The fraction of sp³-hybridized carbons (Fsp3) is 0.950. The Morgan fingerprint density at radius 1 is 1.28 bits per heavy atom. The summed E-state index contributed by atoms with van der Waals surface area (Å²) in [7, 11) is 3.68. The van der Waals surface area contributed by atoms with Crippen molar-refractivity contribution in [3.8, 4) is 0 Å². The second kappa shape index (κ2) is 10.4. The Morgan fingerprint density at radius 3 is 2.68 bits per heavy atom. The number of hydrogen-bond donors (Lipinski definition) is 2. The molecule has 1 heterocycles. The monoisotopic (exact) mass is 352 g/mol. The topological polar surface area (TPSA) is 48.9 Å². The molecule has 0 aromatic carbocycles. The van der Waals surface area contributed by atoms with E-state index in [4.69, 9.17) is 4.74 Å². The lowest BCUT2D eigenvalue weighted by Gasteiger charge is -2.42. The number of piperidine rings is 1. The van der Waals surface area contributed by atoms with Gasteiger partial charge >= 0.3 is 0 Å². The third-order valence-corrected chi connectivity index (χ3v) is 5.89. The van der Waals surface area contributed by atoms with Gasteiger partial charge in [0.1, 0.15) is 0 Å². The Morgan fingerprint density at radius 2 is 2.08 bits per heavy atom. The van der Waals surface area contributed by atoms with Gasteiger partial charge in [0.05, 0.1) is 0 Å². The molecule has 0 aromatic rings. The summed E-state index contributed by atoms with van der Waals surface area (Å²) >= 11 is 0. The summed E-state index contributed by atoms with van der Waals surface area (Å²) in [6.07, 6.45) is 7.79. The molecule has 1 aliphatic heterocycles. The fourth-order valence-corrected chi connectivity index (χ4v) is 4.24. The minimum absolute atomic E-state index is 0.423. The molecule has 146 valence electrons. The molecular weight excluding hydrogens is 312 g/mol. The van der Waals surface area contributed by atoms with Gasteiger partial charge in [-0.25, -0.2) is 0 Å². The van der Waals surface area contributed by atoms with E-state index in [1.807, 2.05) is 7.05 Å². The van der Waals surface area contributed by atoms with Crippen molar-refractivity contribution in [2.45, 2.75) is 52.4 Å². The maximum atomic E-state index is 5.29. The van der Waals surface area contributed by atoms with Crippen molar-refractivity contribution in [2.75, 3.05) is 53.5 Å². The molecule has 2 rings (SSSR count). The maximum Gasteiger partial charge on any atom is 0.191 e. The molecule has 5 nitrogen and oxygen atoms in total. The summed E-state index contributed by atoms with van der Waals surface area (Å²) < 4.78 is 5.29. The average Bonchev–Trinajstić information content (AvgIpc) is 2.56. The van der Waals surface area contributed by atoms with Crippen molar-refractivity contribution < 1.29 is 4.74 Å². The van der Waals surface area contributed by atoms with E-state index < -0.39 is 0 Å². The molecular formula is C20H40N4O. The van der Waals surface area contributed by atoms with Gasteiger partial charge < -0.3 is 20.3 Å². The highest BCUT2D eigenvalue weighted by Gasteiger charge is 2.36. The minimum Gasteiger partial charge on any atom is -0.385 e. The Balaban J connectivity index is 1.71. The molecule has 0 aromatic heterocycles. The molecule has 25 heavy (non-hydrogen) atoms. The Hall–Kier alpha value is -0.810. The van der Waals surface area contributed by atoms with E-state index in [0.717, 1.165) is 43.9 Å². The van der Waals surface area contributed by atoms with E-state index in [-0.39, 0.29) is 0 Å². The number of ether oxygens (including phenoxy) is 1. The van der Waals surface area contributed by atoms with Crippen LogP contribution in [0.15, 0.2) is 4.99 Å². The molecule has 2 N–H and O–H groups in total. The van der Waals surface area contributed by atoms with Crippen molar-refractivity contribution in [1.29, 1.82) is 0 Å². The number of rotatable bonds is 9. The third-order valence-electron chi connectivity index (χ3n) is 5.89. The molecule has 1 unspecified atom stereocenters. The number of aliphatic imine (C=N–C) groups is 1. The van der Waals surface area contributed by atoms with E-state index in [9.17, 15) is 0 Å². The SMILES string of the molecule is CN=C(NCC1CCCN(CC(C)C)C1)NCC1(CCOC)CCC1. The highest BCUT2D eigenvalue weighted by atomic mass is 16.5. The minimum atomic E-state index is 0.423. The summed E-state index contributed by atoms with van der Waals surface area (Å²) in [5.41, 5.74) is 0.423. The first-order chi connectivity index (χ1) is 12.1. The first-order valence-corrected chi connectivity index (χ1v) is 10.2. The largest absolute Gasteiger partial charge is 0.385 e. The first-order valence-electron chi connectivity index (χ1n) is 10.2. The van der Waals surface area contributed by atoms with Gasteiger partial charge in [-0.1, -0.05) is 20.3 Å². The number of likely N-dealkylation sites (tertiary alicyclic amines) is 1. The highest BCUT2D eigenvalue weighted by molar-refractivity contribution is 5.79. The van der Waals surface area contributed by atoms with E-state index in [1.54, 1.807) is 7.11 Å². The molecule has 1 saturated heterocycles. The van der Waals surface area contributed by atoms with Crippen LogP contribution in [-0.4, -0.2) is 64.3 Å². The molecule has 1 saturated carbocycles. The lowest BCUT2D eigenvalue weighted by molar-refractivity contribution is 0.0732. The van der Waals surface area contributed by atoms with Gasteiger partial charge in [0, 0.05) is 46.9 Å². The molecule has 0 bridgehead atoms. The summed E-state index contributed by atoms with van der Waals surface area (Å²) in [6.45, 7) is 11.2. The van der Waals surface area contributed by atoms with Crippen molar-refractivity contribution in [3.05, 3.63) is 0 Å². The Kier molecular flexibility index (Phi) is 8.50. The first kappa shape index (κ1) is 20.5. The number of guanidine groups is 1. The zero-order valence-electron chi connectivity index (χ0n) is 16.9. The van der Waals surface area contributed by atoms with Crippen LogP contribution in [0.1, 0.15) is 52.4 Å². The van der Waals surface area contributed by atoms with Gasteiger partial charge in [0.15, 0.2) is 5.96 Å². The predicted octanol–water partition coefficient (Wildman–Crippen LogP) is 2.73. The Labute approximate surface area is 155 Å². The van der Waals surface area contributed by atoms with Crippen LogP contribution in [0.25, 0.3) is 0 Å². The van der Waals surface area contributed by atoms with E-state index in [1.165, 1.54) is 51.7 Å². The standard InChI is InChI=1S/C20H40N4O/c1-17(2)14-24-11-5-7-18(15-24)13-22-19(21-3)23-16-20(8-6-9-20)10-12-25-4/h17-18H,5-16H2,1-4H3,(H2,21,22,23). The lowest BCUT2D eigenvalue weighted by Crippen LogP contribution is -2.49. The maximum absolute atomic E-state index is 5.29. The van der Waals surface area contributed by atoms with Crippen LogP contribution in [0.2, 0.25) is 0 Å². The quantitative estimate of drug-likeness (QED) is 0.495. The van der Waals surface area contributed by atoms with Crippen LogP contribution in [0.4, 0.5) is 0 Å². The highest BCUT2D eigenvalue weighted by Crippen LogP contribution is 2.43. The fourth-order valence-electron chi connectivity index (χ4n) is 4.24. The van der Waals surface area contributed by atoms with Crippen LogP contribution in [0.5, 0.6) is 0 Å². The smallest absolute Gasteiger partial charge is 0.191 e. The zero-order valence-corrected chi connectivity index (χ0v) is 16.9. The van der Waals surface area contributed by atoms with Crippen molar-refractivity contribution in [1.82, 2.24) is 15.5 Å². The Bertz CT molecular complexity index is 407. The second-order valence-corrected chi connectivity index (χ2v) is 8.56. The van der Waals surface area contributed by atoms with E-state index >= 15 is 0 Å².